The van der Waals surface area contributed by atoms with E-state index in [-0.39, 0.29) is 5.56 Å². The minimum atomic E-state index is -0.255. The van der Waals surface area contributed by atoms with Crippen LogP contribution in [0.5, 0.6) is 0 Å². The summed E-state index contributed by atoms with van der Waals surface area (Å²) < 4.78 is 1.26. The molecular weight excluding hydrogens is 272 g/mol. The molecule has 0 atom stereocenters. The molecule has 0 aliphatic carbocycles. The van der Waals surface area contributed by atoms with Crippen LogP contribution in [0.3, 0.4) is 0 Å². The second-order valence-corrected chi connectivity index (χ2v) is 5.04. The molecule has 2 heterocycles. The molecule has 0 saturated carbocycles. The number of hydrogen-bond acceptors (Lipinski definition) is 5. The van der Waals surface area contributed by atoms with Gasteiger partial charge in [0.25, 0.3) is 5.56 Å². The van der Waals surface area contributed by atoms with E-state index in [1.165, 1.54) is 15.9 Å². The second kappa shape index (κ2) is 4.15. The molecule has 18 heavy (non-hydrogen) atoms. The predicted octanol–water partition coefficient (Wildman–Crippen LogP) is 2.17. The van der Waals surface area contributed by atoms with Crippen LogP contribution < -0.4 is 5.56 Å². The largest absolute Gasteiger partial charge is 0.296 e. The highest BCUT2D eigenvalue weighted by atomic mass is 35.5. The molecule has 3 rings (SSSR count). The Kier molecular flexibility index (Phi) is 2.61. The molecule has 0 saturated heterocycles. The number of hydrogen-bond donors (Lipinski definition) is 0. The first kappa shape index (κ1) is 11.3. The standard InChI is InChI=1S/C11H7ClN4OS/c1-6-10(17)16-11(14-13-6)18-9(15-16)7-4-2-3-5-8(7)12/h2-5H,1H3. The molecule has 0 bridgehead atoms. The van der Waals surface area contributed by atoms with Gasteiger partial charge >= 0.3 is 0 Å². The van der Waals surface area contributed by atoms with Gasteiger partial charge in [0.05, 0.1) is 5.02 Å². The van der Waals surface area contributed by atoms with Crippen molar-refractivity contribution >= 4 is 27.9 Å². The minimum absolute atomic E-state index is 0.255. The van der Waals surface area contributed by atoms with Gasteiger partial charge in [-0.05, 0) is 13.0 Å². The molecule has 7 heteroatoms. The first-order chi connectivity index (χ1) is 8.66. The number of rotatable bonds is 1. The van der Waals surface area contributed by atoms with Gasteiger partial charge in [-0.15, -0.1) is 10.2 Å². The summed E-state index contributed by atoms with van der Waals surface area (Å²) in [5.41, 5.74) is 0.852. The van der Waals surface area contributed by atoms with Crippen LogP contribution in [-0.4, -0.2) is 19.8 Å². The van der Waals surface area contributed by atoms with Gasteiger partial charge in [0.2, 0.25) is 4.96 Å². The van der Waals surface area contributed by atoms with E-state index < -0.39 is 0 Å². The van der Waals surface area contributed by atoms with Crippen molar-refractivity contribution in [3.63, 3.8) is 0 Å². The van der Waals surface area contributed by atoms with Gasteiger partial charge in [-0.1, -0.05) is 41.1 Å². The maximum absolute atomic E-state index is 11.8. The number of aromatic nitrogens is 4. The van der Waals surface area contributed by atoms with Gasteiger partial charge in [0.15, 0.2) is 0 Å². The van der Waals surface area contributed by atoms with Gasteiger partial charge in [0.1, 0.15) is 10.7 Å². The lowest BCUT2D eigenvalue weighted by Crippen LogP contribution is -2.19. The molecule has 0 aliphatic rings. The number of aryl methyl sites for hydroxylation is 1. The Morgan fingerprint density at radius 1 is 1.28 bits per heavy atom. The fraction of sp³-hybridized carbons (Fsp3) is 0.0909. The van der Waals surface area contributed by atoms with E-state index in [2.05, 4.69) is 15.3 Å². The fourth-order valence-corrected chi connectivity index (χ4v) is 2.69. The molecule has 3 aromatic rings. The third-order valence-electron chi connectivity index (χ3n) is 2.45. The van der Waals surface area contributed by atoms with Crippen LogP contribution in [0, 0.1) is 6.92 Å². The topological polar surface area (TPSA) is 60.1 Å². The third-order valence-corrected chi connectivity index (χ3v) is 3.71. The Bertz CT molecular complexity index is 795. The van der Waals surface area contributed by atoms with Crippen LogP contribution in [-0.2, 0) is 0 Å². The van der Waals surface area contributed by atoms with Gasteiger partial charge < -0.3 is 0 Å². The average Bonchev–Trinajstić information content (AvgIpc) is 2.79. The fourth-order valence-electron chi connectivity index (χ4n) is 1.54. The smallest absolute Gasteiger partial charge is 0.265 e. The number of nitrogens with zero attached hydrogens (tertiary/aromatic N) is 4. The van der Waals surface area contributed by atoms with Gasteiger partial charge in [-0.3, -0.25) is 4.79 Å². The Balaban J connectivity index is 2.30. The SMILES string of the molecule is Cc1nnc2sc(-c3ccccc3Cl)nn2c1=O. The van der Waals surface area contributed by atoms with E-state index in [1.54, 1.807) is 13.0 Å². The molecule has 90 valence electrons. The molecule has 0 unspecified atom stereocenters. The third kappa shape index (κ3) is 1.70. The van der Waals surface area contributed by atoms with Crippen molar-refractivity contribution < 1.29 is 0 Å². The molecule has 0 fully saturated rings. The second-order valence-electron chi connectivity index (χ2n) is 3.67. The van der Waals surface area contributed by atoms with Gasteiger partial charge in [-0.25, -0.2) is 0 Å². The zero-order valence-corrected chi connectivity index (χ0v) is 10.9. The Hall–Kier alpha value is -1.79. The molecule has 2 aromatic heterocycles. The summed E-state index contributed by atoms with van der Waals surface area (Å²) in [6.45, 7) is 1.61. The summed E-state index contributed by atoms with van der Waals surface area (Å²) in [6.07, 6.45) is 0. The molecule has 5 nitrogen and oxygen atoms in total. The Morgan fingerprint density at radius 2 is 2.06 bits per heavy atom. The van der Waals surface area contributed by atoms with Crippen molar-refractivity contribution in [3.8, 4) is 10.6 Å². The summed E-state index contributed by atoms with van der Waals surface area (Å²) in [5, 5.41) is 13.2. The molecule has 0 amide bonds. The number of benzene rings is 1. The molecule has 0 N–H and O–H groups in total. The zero-order valence-electron chi connectivity index (χ0n) is 9.29. The quantitative estimate of drug-likeness (QED) is 0.684. The van der Waals surface area contributed by atoms with Crippen molar-refractivity contribution in [2.75, 3.05) is 0 Å². The van der Waals surface area contributed by atoms with Crippen molar-refractivity contribution in [2.24, 2.45) is 0 Å². The molecule has 0 radical (unpaired) electrons. The van der Waals surface area contributed by atoms with Crippen molar-refractivity contribution in [1.82, 2.24) is 19.8 Å². The van der Waals surface area contributed by atoms with Crippen molar-refractivity contribution in [1.29, 1.82) is 0 Å². The first-order valence-electron chi connectivity index (χ1n) is 5.15. The van der Waals surface area contributed by atoms with Crippen LogP contribution in [0.4, 0.5) is 0 Å². The molecule has 0 spiro atoms. The molecule has 1 aromatic carbocycles. The van der Waals surface area contributed by atoms with E-state index in [1.807, 2.05) is 18.2 Å². The van der Waals surface area contributed by atoms with E-state index >= 15 is 0 Å². The normalized spacial score (nSPS) is 11.0. The molecule has 0 aliphatic heterocycles. The minimum Gasteiger partial charge on any atom is -0.265 e. The lowest BCUT2D eigenvalue weighted by Gasteiger charge is -1.96. The highest BCUT2D eigenvalue weighted by molar-refractivity contribution is 7.19. The first-order valence-corrected chi connectivity index (χ1v) is 6.34. The Morgan fingerprint density at radius 3 is 2.83 bits per heavy atom. The maximum Gasteiger partial charge on any atom is 0.296 e. The monoisotopic (exact) mass is 278 g/mol. The van der Waals surface area contributed by atoms with Crippen LogP contribution in [0.1, 0.15) is 5.69 Å². The van der Waals surface area contributed by atoms with Crippen LogP contribution >= 0.6 is 22.9 Å². The van der Waals surface area contributed by atoms with E-state index in [0.29, 0.717) is 20.7 Å². The molecular formula is C11H7ClN4OS. The van der Waals surface area contributed by atoms with Gasteiger partial charge in [-0.2, -0.15) is 9.61 Å². The lowest BCUT2D eigenvalue weighted by atomic mass is 10.2. The number of halogens is 1. The zero-order chi connectivity index (χ0) is 12.7. The summed E-state index contributed by atoms with van der Waals surface area (Å²) >= 11 is 7.38. The van der Waals surface area contributed by atoms with E-state index in [9.17, 15) is 4.79 Å². The van der Waals surface area contributed by atoms with E-state index in [4.69, 9.17) is 11.6 Å². The average molecular weight is 279 g/mol. The van der Waals surface area contributed by atoms with E-state index in [0.717, 1.165) is 5.56 Å². The summed E-state index contributed by atoms with van der Waals surface area (Å²) in [4.78, 5) is 12.3. The summed E-state index contributed by atoms with van der Waals surface area (Å²) in [5.74, 6) is 0. The lowest BCUT2D eigenvalue weighted by molar-refractivity contribution is 0.829. The highest BCUT2D eigenvalue weighted by Gasteiger charge is 2.12. The van der Waals surface area contributed by atoms with Crippen LogP contribution in [0.15, 0.2) is 29.1 Å². The number of fused-ring (bicyclic) bond motifs is 1. The predicted molar refractivity (Wildman–Crippen MR) is 70.1 cm³/mol. The van der Waals surface area contributed by atoms with Gasteiger partial charge in [0, 0.05) is 5.56 Å². The highest BCUT2D eigenvalue weighted by Crippen LogP contribution is 2.29. The van der Waals surface area contributed by atoms with Crippen molar-refractivity contribution in [2.45, 2.75) is 6.92 Å². The van der Waals surface area contributed by atoms with Crippen LogP contribution in [0.2, 0.25) is 5.02 Å². The van der Waals surface area contributed by atoms with Crippen LogP contribution in [0.25, 0.3) is 15.5 Å². The maximum atomic E-state index is 11.8. The van der Waals surface area contributed by atoms with Crippen molar-refractivity contribution in [3.05, 3.63) is 45.3 Å². The summed E-state index contributed by atoms with van der Waals surface area (Å²) in [7, 11) is 0. The Labute approximate surface area is 111 Å². The summed E-state index contributed by atoms with van der Waals surface area (Å²) in [6, 6.07) is 7.34.